The maximum absolute atomic E-state index is 13.2. The second kappa shape index (κ2) is 8.32. The van der Waals surface area contributed by atoms with Gasteiger partial charge < -0.3 is 15.1 Å². The molecule has 2 aliphatic carbocycles. The van der Waals surface area contributed by atoms with Crippen LogP contribution in [0.5, 0.6) is 5.75 Å². The molecule has 3 heterocycles. The number of aliphatic hydroxyl groups is 1. The highest BCUT2D eigenvalue weighted by Gasteiger charge is 2.63. The number of carbonyl (C=O) groups excluding carboxylic acids is 1. The first-order chi connectivity index (χ1) is 16.4. The van der Waals surface area contributed by atoms with E-state index >= 15 is 0 Å². The van der Waals surface area contributed by atoms with Crippen molar-refractivity contribution in [2.75, 3.05) is 26.2 Å². The molecule has 2 N–H and O–H groups in total. The third kappa shape index (κ3) is 3.67. The van der Waals surface area contributed by atoms with E-state index in [9.17, 15) is 15.0 Å². The minimum atomic E-state index is -0.887. The Balaban J connectivity index is 1.29. The highest BCUT2D eigenvalue weighted by atomic mass is 32.1. The van der Waals surface area contributed by atoms with Gasteiger partial charge in [-0.15, -0.1) is 0 Å². The molecule has 2 saturated heterocycles. The summed E-state index contributed by atoms with van der Waals surface area (Å²) in [6.45, 7) is 5.35. The summed E-state index contributed by atoms with van der Waals surface area (Å²) in [7, 11) is 0. The molecule has 7 heteroatoms. The average Bonchev–Trinajstić information content (AvgIpc) is 3.56. The van der Waals surface area contributed by atoms with Crippen LogP contribution >= 0.6 is 11.5 Å². The summed E-state index contributed by atoms with van der Waals surface area (Å²) < 4.78 is 4.44. The number of phenolic OH excluding ortho intramolecular Hbond substituents is 1. The monoisotopic (exact) mass is 481 g/mol. The van der Waals surface area contributed by atoms with E-state index in [1.165, 1.54) is 34.8 Å². The number of likely N-dealkylation sites (tertiary alicyclic amines) is 2. The van der Waals surface area contributed by atoms with E-state index in [0.717, 1.165) is 49.5 Å². The van der Waals surface area contributed by atoms with Gasteiger partial charge in [-0.1, -0.05) is 6.07 Å². The third-order valence-corrected chi connectivity index (χ3v) is 9.79. The zero-order valence-electron chi connectivity index (χ0n) is 20.0. The van der Waals surface area contributed by atoms with Gasteiger partial charge >= 0.3 is 0 Å². The smallest absolute Gasteiger partial charge is 0.222 e. The van der Waals surface area contributed by atoms with E-state index in [2.05, 4.69) is 21.4 Å². The zero-order chi connectivity index (χ0) is 23.5. The van der Waals surface area contributed by atoms with Gasteiger partial charge in [0.1, 0.15) is 5.75 Å². The molecule has 0 radical (unpaired) electrons. The van der Waals surface area contributed by atoms with Crippen molar-refractivity contribution in [2.24, 2.45) is 5.92 Å². The summed E-state index contributed by atoms with van der Waals surface area (Å²) in [6, 6.07) is 7.88. The standard InChI is InChI=1S/C27H35N3O3S/c1-18-14-21(28-34-18)5-7-25(32)29-11-8-26-9-12-30(17-19-2-3-19)24(27(26,33)10-13-29)15-20-4-6-22(31)16-23(20)26/h4,6,14,16,19,24,31,33H,2-3,5,7-13,15,17H2,1H3. The first-order valence-electron chi connectivity index (χ1n) is 12.9. The summed E-state index contributed by atoms with van der Waals surface area (Å²) in [4.78, 5) is 18.9. The van der Waals surface area contributed by atoms with E-state index in [1.54, 1.807) is 6.07 Å². The number of amides is 1. The van der Waals surface area contributed by atoms with Gasteiger partial charge in [0.25, 0.3) is 0 Å². The number of piperidine rings is 1. The van der Waals surface area contributed by atoms with Crippen LogP contribution in [0.3, 0.4) is 0 Å². The predicted octanol–water partition coefficient (Wildman–Crippen LogP) is 3.42. The predicted molar refractivity (Wildman–Crippen MR) is 132 cm³/mol. The van der Waals surface area contributed by atoms with Crippen LogP contribution in [-0.4, -0.2) is 68.1 Å². The van der Waals surface area contributed by atoms with E-state index in [4.69, 9.17) is 0 Å². The average molecular weight is 482 g/mol. The molecule has 1 aromatic carbocycles. The third-order valence-electron chi connectivity index (χ3n) is 9.05. The molecular weight excluding hydrogens is 446 g/mol. The molecule has 4 aliphatic rings. The summed E-state index contributed by atoms with van der Waals surface area (Å²) in [5.41, 5.74) is 2.07. The summed E-state index contributed by atoms with van der Waals surface area (Å²) >= 11 is 1.49. The van der Waals surface area contributed by atoms with Gasteiger partial charge in [-0.3, -0.25) is 9.69 Å². The van der Waals surface area contributed by atoms with Gasteiger partial charge in [0.2, 0.25) is 5.91 Å². The van der Waals surface area contributed by atoms with E-state index in [1.807, 2.05) is 17.9 Å². The van der Waals surface area contributed by atoms with Gasteiger partial charge in [-0.05, 0) is 105 Å². The largest absolute Gasteiger partial charge is 0.508 e. The Kier molecular flexibility index (Phi) is 5.50. The van der Waals surface area contributed by atoms with Crippen LogP contribution in [-0.2, 0) is 23.1 Å². The van der Waals surface area contributed by atoms with Gasteiger partial charge in [0.15, 0.2) is 0 Å². The van der Waals surface area contributed by atoms with Gasteiger partial charge in [-0.25, -0.2) is 0 Å². The van der Waals surface area contributed by atoms with E-state index in [0.29, 0.717) is 32.4 Å². The number of fused-ring (bicyclic) bond motifs is 1. The molecule has 2 bridgehead atoms. The lowest BCUT2D eigenvalue weighted by atomic mass is 9.52. The quantitative estimate of drug-likeness (QED) is 0.684. The van der Waals surface area contributed by atoms with Crippen molar-refractivity contribution in [3.8, 4) is 5.75 Å². The zero-order valence-corrected chi connectivity index (χ0v) is 20.8. The fraction of sp³-hybridized carbons (Fsp3) is 0.630. The maximum atomic E-state index is 13.2. The van der Waals surface area contributed by atoms with Crippen LogP contribution in [0.25, 0.3) is 0 Å². The van der Waals surface area contributed by atoms with Crippen LogP contribution < -0.4 is 0 Å². The Morgan fingerprint density at radius 2 is 1.97 bits per heavy atom. The normalized spacial score (nSPS) is 31.0. The molecule has 2 aliphatic heterocycles. The molecule has 1 aromatic heterocycles. The molecule has 6 nitrogen and oxygen atoms in total. The number of aromatic nitrogens is 1. The van der Waals surface area contributed by atoms with E-state index < -0.39 is 11.0 Å². The Labute approximate surface area is 205 Å². The van der Waals surface area contributed by atoms with E-state index in [-0.39, 0.29) is 17.7 Å². The minimum Gasteiger partial charge on any atom is -0.508 e. The molecule has 3 fully saturated rings. The molecule has 182 valence electrons. The summed E-state index contributed by atoms with van der Waals surface area (Å²) in [6.07, 6.45) is 6.77. The van der Waals surface area contributed by atoms with Gasteiger partial charge in [0, 0.05) is 42.4 Å². The first kappa shape index (κ1) is 22.5. The number of hydrogen-bond acceptors (Lipinski definition) is 6. The lowest BCUT2D eigenvalue weighted by molar-refractivity contribution is -0.149. The van der Waals surface area contributed by atoms with Crippen molar-refractivity contribution in [3.05, 3.63) is 46.0 Å². The number of nitrogens with zero attached hydrogens (tertiary/aromatic N) is 3. The number of hydrogen-bond donors (Lipinski definition) is 2. The van der Waals surface area contributed by atoms with Crippen LogP contribution in [0.1, 0.15) is 60.2 Å². The lowest BCUT2D eigenvalue weighted by Crippen LogP contribution is -2.71. The van der Waals surface area contributed by atoms with Crippen LogP contribution in [0, 0.1) is 12.8 Å². The SMILES string of the molecule is Cc1cc(CCC(=O)N2CCC34CCN(CC5CC5)C(Cc5ccc(O)cc53)C4(O)CC2)ns1. The van der Waals surface area contributed by atoms with Crippen molar-refractivity contribution < 1.29 is 15.0 Å². The number of aromatic hydroxyl groups is 1. The van der Waals surface area contributed by atoms with Crippen molar-refractivity contribution in [1.82, 2.24) is 14.2 Å². The Morgan fingerprint density at radius 1 is 1.18 bits per heavy atom. The van der Waals surface area contributed by atoms with Gasteiger partial charge in [-0.2, -0.15) is 4.37 Å². The second-order valence-electron chi connectivity index (χ2n) is 11.1. The first-order valence-corrected chi connectivity index (χ1v) is 13.6. The number of phenols is 1. The van der Waals surface area contributed by atoms with Crippen LogP contribution in [0.2, 0.25) is 0 Å². The Morgan fingerprint density at radius 3 is 2.74 bits per heavy atom. The molecule has 3 atom stereocenters. The van der Waals surface area contributed by atoms with Crippen LogP contribution in [0.4, 0.5) is 0 Å². The number of aryl methyl sites for hydroxylation is 2. The Hall–Kier alpha value is -1.96. The fourth-order valence-electron chi connectivity index (χ4n) is 7.04. The molecule has 1 saturated carbocycles. The van der Waals surface area contributed by atoms with Crippen LogP contribution in [0.15, 0.2) is 24.3 Å². The highest BCUT2D eigenvalue weighted by Crippen LogP contribution is 2.56. The molecular formula is C27H35N3O3S. The molecule has 1 amide bonds. The van der Waals surface area contributed by atoms with Crippen molar-refractivity contribution in [1.29, 1.82) is 0 Å². The van der Waals surface area contributed by atoms with Crippen molar-refractivity contribution >= 4 is 17.4 Å². The molecule has 3 unspecified atom stereocenters. The Bertz CT molecular complexity index is 1100. The highest BCUT2D eigenvalue weighted by molar-refractivity contribution is 7.05. The number of rotatable bonds is 5. The summed E-state index contributed by atoms with van der Waals surface area (Å²) in [5.74, 6) is 1.20. The molecule has 2 aromatic rings. The molecule has 34 heavy (non-hydrogen) atoms. The van der Waals surface area contributed by atoms with Gasteiger partial charge in [0.05, 0.1) is 11.3 Å². The van der Waals surface area contributed by atoms with Crippen molar-refractivity contribution in [3.63, 3.8) is 0 Å². The maximum Gasteiger partial charge on any atom is 0.222 e. The fourth-order valence-corrected chi connectivity index (χ4v) is 7.64. The molecule has 0 spiro atoms. The lowest BCUT2D eigenvalue weighted by Gasteiger charge is -2.61. The number of benzene rings is 1. The number of carbonyl (C=O) groups is 1. The molecule has 6 rings (SSSR count). The summed E-state index contributed by atoms with van der Waals surface area (Å²) in [5, 5.41) is 22.9. The second-order valence-corrected chi connectivity index (χ2v) is 12.1. The van der Waals surface area contributed by atoms with Crippen molar-refractivity contribution in [2.45, 2.75) is 75.3 Å². The topological polar surface area (TPSA) is 76.9 Å². The minimum absolute atomic E-state index is 0.0759.